The van der Waals surface area contributed by atoms with E-state index in [9.17, 15) is 20.4 Å². The minimum absolute atomic E-state index is 0.125. The number of aliphatic hydroxyl groups excluding tert-OH is 4. The van der Waals surface area contributed by atoms with Crippen molar-refractivity contribution >= 4 is 0 Å². The van der Waals surface area contributed by atoms with E-state index < -0.39 is 41.4 Å². The molecule has 0 amide bonds. The fourth-order valence-electron chi connectivity index (χ4n) is 7.93. The number of rotatable bonds is 6. The Morgan fingerprint density at radius 2 is 1.14 bits per heavy atom. The molecule has 210 valence electrons. The average Bonchev–Trinajstić information content (AvgIpc) is 3.04. The summed E-state index contributed by atoms with van der Waals surface area (Å²) in [5, 5.41) is 45.4. The van der Waals surface area contributed by atoms with Crippen LogP contribution in [0.4, 0.5) is 0 Å². The van der Waals surface area contributed by atoms with Crippen LogP contribution in [0.15, 0.2) is 0 Å². The SMILES string of the molecule is CC1(C)CCCC(C(OC2(C)CCCCC2O)(OC2(C)CCCCC2O)C2CCCCC(O)C2)C1O. The predicted octanol–water partition coefficient (Wildman–Crippen LogP) is 5.23. The van der Waals surface area contributed by atoms with Crippen LogP contribution in [-0.2, 0) is 9.47 Å². The molecule has 4 N–H and O–H groups in total. The Hall–Kier alpha value is -0.240. The van der Waals surface area contributed by atoms with Gasteiger partial charge in [-0.05, 0) is 77.0 Å². The summed E-state index contributed by atoms with van der Waals surface area (Å²) in [6.45, 7) is 8.29. The highest BCUT2D eigenvalue weighted by atomic mass is 16.7. The van der Waals surface area contributed by atoms with E-state index in [0.29, 0.717) is 19.3 Å². The molecule has 8 unspecified atom stereocenters. The van der Waals surface area contributed by atoms with Crippen molar-refractivity contribution in [1.82, 2.24) is 0 Å². The predicted molar refractivity (Wildman–Crippen MR) is 140 cm³/mol. The number of ether oxygens (including phenoxy) is 2. The first-order chi connectivity index (χ1) is 16.9. The molecule has 6 nitrogen and oxygen atoms in total. The fraction of sp³-hybridized carbons (Fsp3) is 1.00. The van der Waals surface area contributed by atoms with Gasteiger partial charge >= 0.3 is 0 Å². The average molecular weight is 511 g/mol. The molecule has 0 spiro atoms. The second kappa shape index (κ2) is 11.1. The molecular formula is C30H54O6. The van der Waals surface area contributed by atoms with Crippen molar-refractivity contribution in [2.24, 2.45) is 17.3 Å². The molecule has 0 heterocycles. The smallest absolute Gasteiger partial charge is 0.178 e. The zero-order valence-electron chi connectivity index (χ0n) is 23.4. The minimum atomic E-state index is -1.19. The topological polar surface area (TPSA) is 99.4 Å². The molecule has 0 saturated heterocycles. The van der Waals surface area contributed by atoms with E-state index >= 15 is 0 Å². The lowest BCUT2D eigenvalue weighted by Gasteiger charge is -2.59. The first-order valence-corrected chi connectivity index (χ1v) is 15.0. The molecule has 0 bridgehead atoms. The molecule has 4 rings (SSSR count). The van der Waals surface area contributed by atoms with Crippen LogP contribution in [0.3, 0.4) is 0 Å². The second-order valence-electron chi connectivity index (χ2n) is 13.9. The summed E-state index contributed by atoms with van der Waals surface area (Å²) < 4.78 is 14.6. The number of aliphatic hydroxyl groups is 4. The maximum Gasteiger partial charge on any atom is 0.178 e. The van der Waals surface area contributed by atoms with Gasteiger partial charge in [0.15, 0.2) is 5.79 Å². The molecule has 4 aliphatic carbocycles. The third-order valence-electron chi connectivity index (χ3n) is 10.5. The lowest BCUT2D eigenvalue weighted by atomic mass is 9.63. The van der Waals surface area contributed by atoms with Gasteiger partial charge in [0, 0.05) is 11.8 Å². The van der Waals surface area contributed by atoms with Crippen molar-refractivity contribution in [3.8, 4) is 0 Å². The van der Waals surface area contributed by atoms with Crippen LogP contribution >= 0.6 is 0 Å². The fourth-order valence-corrected chi connectivity index (χ4v) is 7.93. The summed E-state index contributed by atoms with van der Waals surface area (Å²) in [4.78, 5) is 0. The van der Waals surface area contributed by atoms with E-state index in [0.717, 1.165) is 83.5 Å². The molecule has 6 heteroatoms. The normalized spacial score (nSPS) is 46.0. The first-order valence-electron chi connectivity index (χ1n) is 15.0. The molecule has 4 aliphatic rings. The van der Waals surface area contributed by atoms with E-state index in [-0.39, 0.29) is 17.3 Å². The Morgan fingerprint density at radius 3 is 1.69 bits per heavy atom. The van der Waals surface area contributed by atoms with Gasteiger partial charge in [0.1, 0.15) is 0 Å². The summed E-state index contributed by atoms with van der Waals surface area (Å²) in [5.74, 6) is -1.61. The van der Waals surface area contributed by atoms with Crippen LogP contribution in [-0.4, -0.2) is 61.8 Å². The van der Waals surface area contributed by atoms with Crippen molar-refractivity contribution in [3.63, 3.8) is 0 Å². The molecular weight excluding hydrogens is 456 g/mol. The summed E-state index contributed by atoms with van der Waals surface area (Å²) in [6.07, 6.45) is 11.3. The summed E-state index contributed by atoms with van der Waals surface area (Å²) in [5.41, 5.74) is -1.89. The van der Waals surface area contributed by atoms with Crippen molar-refractivity contribution in [2.75, 3.05) is 0 Å². The van der Waals surface area contributed by atoms with Crippen molar-refractivity contribution in [1.29, 1.82) is 0 Å². The maximum absolute atomic E-state index is 11.9. The molecule has 8 atom stereocenters. The Bertz CT molecular complexity index is 696. The number of hydrogen-bond donors (Lipinski definition) is 4. The minimum Gasteiger partial charge on any atom is -0.393 e. The van der Waals surface area contributed by atoms with Gasteiger partial charge in [-0.2, -0.15) is 0 Å². The van der Waals surface area contributed by atoms with Crippen molar-refractivity contribution in [2.45, 2.75) is 172 Å². The molecule has 0 aliphatic heterocycles. The van der Waals surface area contributed by atoms with Crippen molar-refractivity contribution in [3.05, 3.63) is 0 Å². The highest BCUT2D eigenvalue weighted by Gasteiger charge is 2.61. The molecule has 4 fully saturated rings. The van der Waals surface area contributed by atoms with Gasteiger partial charge in [-0.15, -0.1) is 0 Å². The molecule has 4 saturated carbocycles. The molecule has 36 heavy (non-hydrogen) atoms. The third-order valence-corrected chi connectivity index (χ3v) is 10.5. The van der Waals surface area contributed by atoms with Gasteiger partial charge in [-0.25, -0.2) is 0 Å². The second-order valence-corrected chi connectivity index (χ2v) is 13.9. The van der Waals surface area contributed by atoms with E-state index in [1.165, 1.54) is 0 Å². The molecule has 0 aromatic heterocycles. The zero-order valence-corrected chi connectivity index (χ0v) is 23.4. The summed E-state index contributed by atoms with van der Waals surface area (Å²) >= 11 is 0. The molecule has 0 aromatic rings. The van der Waals surface area contributed by atoms with Crippen LogP contribution in [0.2, 0.25) is 0 Å². The molecule has 0 radical (unpaired) electrons. The lowest BCUT2D eigenvalue weighted by Crippen LogP contribution is -2.66. The standard InChI is InChI=1S/C30H54O6/c1-27(2)17-11-14-23(26(27)34)30(21-12-5-6-13-22(31)20-21,35-28(3)18-9-7-15-24(28)32)36-29(4)19-10-8-16-25(29)33/h21-26,31-34H,5-20H2,1-4H3. The monoisotopic (exact) mass is 510 g/mol. The molecule has 0 aromatic carbocycles. The van der Waals surface area contributed by atoms with Gasteiger partial charge in [0.05, 0.1) is 35.6 Å². The third kappa shape index (κ3) is 5.70. The van der Waals surface area contributed by atoms with Crippen LogP contribution in [0.25, 0.3) is 0 Å². The van der Waals surface area contributed by atoms with Gasteiger partial charge < -0.3 is 29.9 Å². The van der Waals surface area contributed by atoms with Gasteiger partial charge in [-0.1, -0.05) is 58.8 Å². The first kappa shape index (κ1) is 28.8. The Morgan fingerprint density at radius 1 is 0.611 bits per heavy atom. The van der Waals surface area contributed by atoms with Gasteiger partial charge in [-0.3, -0.25) is 0 Å². The van der Waals surface area contributed by atoms with Gasteiger partial charge in [0.25, 0.3) is 0 Å². The number of hydrogen-bond acceptors (Lipinski definition) is 6. The van der Waals surface area contributed by atoms with E-state index in [2.05, 4.69) is 13.8 Å². The highest BCUT2D eigenvalue weighted by Crippen LogP contribution is 2.55. The van der Waals surface area contributed by atoms with Crippen LogP contribution < -0.4 is 0 Å². The van der Waals surface area contributed by atoms with E-state index in [1.807, 2.05) is 13.8 Å². The van der Waals surface area contributed by atoms with Crippen molar-refractivity contribution < 1.29 is 29.9 Å². The van der Waals surface area contributed by atoms with E-state index in [4.69, 9.17) is 9.47 Å². The van der Waals surface area contributed by atoms with Crippen LogP contribution in [0, 0.1) is 17.3 Å². The largest absolute Gasteiger partial charge is 0.393 e. The quantitative estimate of drug-likeness (QED) is 0.288. The van der Waals surface area contributed by atoms with Crippen LogP contribution in [0.1, 0.15) is 130 Å². The Labute approximate surface area is 219 Å². The van der Waals surface area contributed by atoms with Crippen LogP contribution in [0.5, 0.6) is 0 Å². The zero-order chi connectivity index (χ0) is 26.2. The van der Waals surface area contributed by atoms with E-state index in [1.54, 1.807) is 0 Å². The summed E-state index contributed by atoms with van der Waals surface area (Å²) in [7, 11) is 0. The Kier molecular flexibility index (Phi) is 8.86. The van der Waals surface area contributed by atoms with Gasteiger partial charge in [0.2, 0.25) is 0 Å². The Balaban J connectivity index is 1.85. The maximum atomic E-state index is 11.9. The summed E-state index contributed by atoms with van der Waals surface area (Å²) in [6, 6.07) is 0. The highest BCUT2D eigenvalue weighted by molar-refractivity contribution is 5.04. The lowest BCUT2D eigenvalue weighted by molar-refractivity contribution is -0.405.